The summed E-state index contributed by atoms with van der Waals surface area (Å²) < 4.78 is 24.0. The Labute approximate surface area is 204 Å². The number of hydrogen-bond donors (Lipinski definition) is 1. The van der Waals surface area contributed by atoms with Crippen molar-refractivity contribution >= 4 is 0 Å². The fourth-order valence-corrected chi connectivity index (χ4v) is 3.94. The maximum absolute atomic E-state index is 11.1. The van der Waals surface area contributed by atoms with Crippen LogP contribution in [-0.2, 0) is 38.8 Å². The number of aliphatic hydroxyl groups excluding tert-OH is 1. The molecule has 8 heteroatoms. The summed E-state index contributed by atoms with van der Waals surface area (Å²) in [5.41, 5.74) is 12.1. The quantitative estimate of drug-likeness (QED) is 0.244. The second kappa shape index (κ2) is 13.0. The Kier molecular flexibility index (Phi) is 9.25. The molecule has 1 aliphatic heterocycles. The molecule has 182 valence electrons. The molecule has 0 spiro atoms. The monoisotopic (exact) mass is 475 g/mol. The number of aliphatic hydroxyl groups is 1. The molecule has 0 radical (unpaired) electrons. The van der Waals surface area contributed by atoms with Gasteiger partial charge in [-0.15, -0.1) is 0 Å². The van der Waals surface area contributed by atoms with Crippen molar-refractivity contribution in [3.05, 3.63) is 118 Å². The van der Waals surface area contributed by atoms with E-state index in [1.165, 1.54) is 0 Å². The average molecular weight is 476 g/mol. The molecule has 0 bridgehead atoms. The van der Waals surface area contributed by atoms with Crippen molar-refractivity contribution in [1.29, 1.82) is 0 Å². The molecule has 3 aromatic carbocycles. The standard InChI is InChI=1S/C27H29N3O5/c28-30-29-24-26(33-17-21-12-6-2-7-13-21)25(31)23(19-32-16-20-10-4-1-5-11-20)35-27(24)34-18-22-14-8-3-9-15-22/h1-15,23-27,31H,16-19H2. The SMILES string of the molecule is [N-]=[N+]=NC1C(OCc2ccccc2)OC(COCc2ccccc2)C(O)C1OCc1ccccc1. The van der Waals surface area contributed by atoms with Crippen LogP contribution in [0.1, 0.15) is 16.7 Å². The first-order chi connectivity index (χ1) is 17.2. The topological polar surface area (TPSA) is 106 Å². The molecule has 0 saturated carbocycles. The summed E-state index contributed by atoms with van der Waals surface area (Å²) in [5.74, 6) is 0. The molecule has 4 rings (SSSR count). The summed E-state index contributed by atoms with van der Waals surface area (Å²) >= 11 is 0. The van der Waals surface area contributed by atoms with Gasteiger partial charge in [-0.25, -0.2) is 0 Å². The Bertz CT molecular complexity index is 1060. The molecule has 35 heavy (non-hydrogen) atoms. The highest BCUT2D eigenvalue weighted by atomic mass is 16.7. The minimum Gasteiger partial charge on any atom is -0.388 e. The summed E-state index contributed by atoms with van der Waals surface area (Å²) in [7, 11) is 0. The van der Waals surface area contributed by atoms with E-state index in [1.54, 1.807) is 0 Å². The molecule has 3 aromatic rings. The van der Waals surface area contributed by atoms with E-state index in [0.717, 1.165) is 16.7 Å². The molecular weight excluding hydrogens is 446 g/mol. The normalized spacial score (nSPS) is 24.0. The predicted molar refractivity (Wildman–Crippen MR) is 130 cm³/mol. The second-order valence-corrected chi connectivity index (χ2v) is 8.29. The first kappa shape index (κ1) is 24.9. The van der Waals surface area contributed by atoms with Crippen molar-refractivity contribution in [3.8, 4) is 0 Å². The summed E-state index contributed by atoms with van der Waals surface area (Å²) in [6.45, 7) is 0.985. The van der Waals surface area contributed by atoms with Crippen LogP contribution in [0, 0.1) is 0 Å². The van der Waals surface area contributed by atoms with E-state index in [4.69, 9.17) is 18.9 Å². The average Bonchev–Trinajstić information content (AvgIpc) is 2.91. The van der Waals surface area contributed by atoms with Crippen LogP contribution in [0.2, 0.25) is 0 Å². The summed E-state index contributed by atoms with van der Waals surface area (Å²) in [6, 6.07) is 28.1. The van der Waals surface area contributed by atoms with Crippen LogP contribution < -0.4 is 0 Å². The van der Waals surface area contributed by atoms with Gasteiger partial charge in [-0.3, -0.25) is 0 Å². The molecular formula is C27H29N3O5. The van der Waals surface area contributed by atoms with Crippen molar-refractivity contribution in [3.63, 3.8) is 0 Å². The van der Waals surface area contributed by atoms with Crippen molar-refractivity contribution < 1.29 is 24.1 Å². The Morgan fingerprint density at radius 3 is 1.83 bits per heavy atom. The molecule has 0 aliphatic carbocycles. The van der Waals surface area contributed by atoms with Crippen LogP contribution in [-0.4, -0.2) is 42.4 Å². The first-order valence-electron chi connectivity index (χ1n) is 11.5. The van der Waals surface area contributed by atoms with Gasteiger partial charge in [0, 0.05) is 4.91 Å². The van der Waals surface area contributed by atoms with Crippen LogP contribution in [0.5, 0.6) is 0 Å². The van der Waals surface area contributed by atoms with E-state index in [2.05, 4.69) is 10.0 Å². The first-order valence-corrected chi connectivity index (χ1v) is 11.5. The largest absolute Gasteiger partial charge is 0.388 e. The van der Waals surface area contributed by atoms with E-state index in [1.807, 2.05) is 91.0 Å². The Morgan fingerprint density at radius 2 is 1.29 bits per heavy atom. The van der Waals surface area contributed by atoms with Gasteiger partial charge in [0.15, 0.2) is 6.29 Å². The summed E-state index contributed by atoms with van der Waals surface area (Å²) in [4.78, 5) is 2.97. The van der Waals surface area contributed by atoms with Gasteiger partial charge in [-0.05, 0) is 22.2 Å². The summed E-state index contributed by atoms with van der Waals surface area (Å²) in [5, 5.41) is 15.0. The lowest BCUT2D eigenvalue weighted by molar-refractivity contribution is -0.279. The number of hydrogen-bond acceptors (Lipinski definition) is 6. The highest BCUT2D eigenvalue weighted by Gasteiger charge is 2.46. The lowest BCUT2D eigenvalue weighted by Crippen LogP contribution is -2.59. The molecule has 1 fully saturated rings. The van der Waals surface area contributed by atoms with Gasteiger partial charge in [-0.2, -0.15) is 0 Å². The van der Waals surface area contributed by atoms with Gasteiger partial charge in [-0.1, -0.05) is 96.1 Å². The minimum absolute atomic E-state index is 0.120. The molecule has 5 unspecified atom stereocenters. The van der Waals surface area contributed by atoms with Gasteiger partial charge in [0.1, 0.15) is 18.2 Å². The molecule has 1 N–H and O–H groups in total. The zero-order chi connectivity index (χ0) is 24.3. The third-order valence-electron chi connectivity index (χ3n) is 5.76. The van der Waals surface area contributed by atoms with Gasteiger partial charge in [0.05, 0.1) is 32.5 Å². The summed E-state index contributed by atoms with van der Waals surface area (Å²) in [6.07, 6.45) is -3.57. The molecule has 8 nitrogen and oxygen atoms in total. The highest BCUT2D eigenvalue weighted by molar-refractivity contribution is 5.15. The van der Waals surface area contributed by atoms with Crippen molar-refractivity contribution in [2.24, 2.45) is 5.11 Å². The molecule has 1 saturated heterocycles. The number of ether oxygens (including phenoxy) is 4. The predicted octanol–water partition coefficient (Wildman–Crippen LogP) is 4.77. The maximum atomic E-state index is 11.1. The van der Waals surface area contributed by atoms with Crippen LogP contribution in [0.3, 0.4) is 0 Å². The van der Waals surface area contributed by atoms with E-state index < -0.39 is 30.6 Å². The van der Waals surface area contributed by atoms with Crippen LogP contribution in [0.4, 0.5) is 0 Å². The number of benzene rings is 3. The van der Waals surface area contributed by atoms with E-state index >= 15 is 0 Å². The van der Waals surface area contributed by atoms with Gasteiger partial charge >= 0.3 is 0 Å². The van der Waals surface area contributed by atoms with Gasteiger partial charge < -0.3 is 24.1 Å². The van der Waals surface area contributed by atoms with Crippen molar-refractivity contribution in [2.75, 3.05) is 6.61 Å². The lowest BCUT2D eigenvalue weighted by atomic mass is 9.97. The van der Waals surface area contributed by atoms with Crippen LogP contribution >= 0.6 is 0 Å². The molecule has 1 aliphatic rings. The lowest BCUT2D eigenvalue weighted by Gasteiger charge is -2.42. The fourth-order valence-electron chi connectivity index (χ4n) is 3.94. The van der Waals surface area contributed by atoms with E-state index in [9.17, 15) is 10.6 Å². The zero-order valence-corrected chi connectivity index (χ0v) is 19.3. The molecule has 5 atom stereocenters. The highest BCUT2D eigenvalue weighted by Crippen LogP contribution is 2.29. The Balaban J connectivity index is 1.48. The number of rotatable bonds is 11. The second-order valence-electron chi connectivity index (χ2n) is 8.29. The third kappa shape index (κ3) is 7.13. The minimum atomic E-state index is -1.08. The molecule has 0 aromatic heterocycles. The number of nitrogens with zero attached hydrogens (tertiary/aromatic N) is 3. The van der Waals surface area contributed by atoms with E-state index in [0.29, 0.717) is 6.61 Å². The Morgan fingerprint density at radius 1 is 0.771 bits per heavy atom. The van der Waals surface area contributed by atoms with Crippen molar-refractivity contribution in [2.45, 2.75) is 50.5 Å². The fraction of sp³-hybridized carbons (Fsp3) is 0.333. The third-order valence-corrected chi connectivity index (χ3v) is 5.76. The Hall–Kier alpha value is -3.23. The van der Waals surface area contributed by atoms with E-state index in [-0.39, 0.29) is 19.8 Å². The van der Waals surface area contributed by atoms with Crippen LogP contribution in [0.25, 0.3) is 10.4 Å². The van der Waals surface area contributed by atoms with Crippen molar-refractivity contribution in [1.82, 2.24) is 0 Å². The maximum Gasteiger partial charge on any atom is 0.169 e. The zero-order valence-electron chi connectivity index (χ0n) is 19.3. The molecule has 1 heterocycles. The van der Waals surface area contributed by atoms with Gasteiger partial charge in [0.2, 0.25) is 0 Å². The van der Waals surface area contributed by atoms with Crippen LogP contribution in [0.15, 0.2) is 96.1 Å². The smallest absolute Gasteiger partial charge is 0.169 e. The van der Waals surface area contributed by atoms with Gasteiger partial charge in [0.25, 0.3) is 0 Å². The number of azide groups is 1. The molecule has 0 amide bonds.